The average Bonchev–Trinajstić information content (AvgIpc) is 2.57. The second kappa shape index (κ2) is 8.86. The van der Waals surface area contributed by atoms with Crippen LogP contribution in [0.4, 0.5) is 0 Å². The van der Waals surface area contributed by atoms with Gasteiger partial charge in [0.15, 0.2) is 0 Å². The fraction of sp³-hybridized carbons (Fsp3) is 0.632. The van der Waals surface area contributed by atoms with Gasteiger partial charge in [0.25, 0.3) is 5.91 Å². The lowest BCUT2D eigenvalue weighted by Gasteiger charge is -2.35. The van der Waals surface area contributed by atoms with E-state index >= 15 is 0 Å². The Morgan fingerprint density at radius 1 is 1.17 bits per heavy atom. The fourth-order valence-electron chi connectivity index (χ4n) is 3.93. The van der Waals surface area contributed by atoms with E-state index in [0.29, 0.717) is 11.1 Å². The highest BCUT2D eigenvalue weighted by Crippen LogP contribution is 2.25. The van der Waals surface area contributed by atoms with Crippen LogP contribution in [0, 0.1) is 9.49 Å². The quantitative estimate of drug-likeness (QED) is 0.660. The topological polar surface area (TPSA) is 32.3 Å². The molecule has 0 aromatic heterocycles. The summed E-state index contributed by atoms with van der Waals surface area (Å²) in [6, 6.07) is 5.74. The SMILES string of the molecule is O=C(NC1CCN(CC2CCCCC2)CC1)c1ccc(Cl)cc1I. The number of rotatable bonds is 4. The number of carbonyl (C=O) groups excluding carboxylic acids is 1. The van der Waals surface area contributed by atoms with Crippen LogP contribution < -0.4 is 5.32 Å². The minimum absolute atomic E-state index is 0.0294. The maximum Gasteiger partial charge on any atom is 0.252 e. The first-order valence-corrected chi connectivity index (χ1v) is 10.6. The number of hydrogen-bond acceptors (Lipinski definition) is 2. The molecular formula is C19H26ClIN2O. The summed E-state index contributed by atoms with van der Waals surface area (Å²) < 4.78 is 0.910. The van der Waals surface area contributed by atoms with Crippen molar-refractivity contribution in [1.29, 1.82) is 0 Å². The molecule has 0 radical (unpaired) electrons. The van der Waals surface area contributed by atoms with E-state index in [4.69, 9.17) is 11.6 Å². The highest BCUT2D eigenvalue weighted by atomic mass is 127. The number of likely N-dealkylation sites (tertiary alicyclic amines) is 1. The Morgan fingerprint density at radius 2 is 1.88 bits per heavy atom. The van der Waals surface area contributed by atoms with Crippen molar-refractivity contribution in [2.24, 2.45) is 5.92 Å². The molecule has 5 heteroatoms. The molecule has 1 saturated carbocycles. The fourth-order valence-corrected chi connectivity index (χ4v) is 5.05. The van der Waals surface area contributed by atoms with E-state index in [-0.39, 0.29) is 5.91 Å². The molecule has 1 heterocycles. The third-order valence-corrected chi connectivity index (χ3v) is 6.47. The van der Waals surface area contributed by atoms with Crippen molar-refractivity contribution < 1.29 is 4.79 Å². The normalized spacial score (nSPS) is 20.9. The van der Waals surface area contributed by atoms with Crippen molar-refractivity contribution in [3.63, 3.8) is 0 Å². The number of carbonyl (C=O) groups is 1. The molecule has 0 bridgehead atoms. The molecule has 132 valence electrons. The summed E-state index contributed by atoms with van der Waals surface area (Å²) >= 11 is 8.14. The van der Waals surface area contributed by atoms with Gasteiger partial charge in [0.05, 0.1) is 5.56 Å². The first kappa shape index (κ1) is 18.5. The van der Waals surface area contributed by atoms with Crippen molar-refractivity contribution in [2.45, 2.75) is 51.0 Å². The largest absolute Gasteiger partial charge is 0.349 e. The van der Waals surface area contributed by atoms with Crippen molar-refractivity contribution in [3.8, 4) is 0 Å². The molecule has 1 amide bonds. The summed E-state index contributed by atoms with van der Waals surface area (Å²) in [5.41, 5.74) is 0.727. The van der Waals surface area contributed by atoms with Crippen LogP contribution in [0.25, 0.3) is 0 Å². The van der Waals surface area contributed by atoms with E-state index in [1.54, 1.807) is 6.07 Å². The van der Waals surface area contributed by atoms with E-state index in [9.17, 15) is 4.79 Å². The highest BCUT2D eigenvalue weighted by Gasteiger charge is 2.24. The second-order valence-corrected chi connectivity index (χ2v) is 8.78. The van der Waals surface area contributed by atoms with Crippen LogP contribution in [0.2, 0.25) is 5.02 Å². The molecule has 24 heavy (non-hydrogen) atoms. The molecule has 1 N–H and O–H groups in total. The molecule has 3 rings (SSSR count). The van der Waals surface area contributed by atoms with E-state index in [1.165, 1.54) is 38.6 Å². The summed E-state index contributed by atoms with van der Waals surface area (Å²) in [6.07, 6.45) is 9.19. The van der Waals surface area contributed by atoms with Crippen LogP contribution in [0.15, 0.2) is 18.2 Å². The number of amides is 1. The van der Waals surface area contributed by atoms with Gasteiger partial charge in [-0.1, -0.05) is 30.9 Å². The van der Waals surface area contributed by atoms with Crippen LogP contribution in [-0.2, 0) is 0 Å². The number of nitrogens with zero attached hydrogens (tertiary/aromatic N) is 1. The first-order valence-electron chi connectivity index (χ1n) is 9.10. The van der Waals surface area contributed by atoms with Gasteiger partial charge in [0.2, 0.25) is 0 Å². The predicted molar refractivity (Wildman–Crippen MR) is 108 cm³/mol. The Kier molecular flexibility index (Phi) is 6.81. The van der Waals surface area contributed by atoms with Crippen molar-refractivity contribution >= 4 is 40.1 Å². The first-order chi connectivity index (χ1) is 11.6. The van der Waals surface area contributed by atoms with E-state index < -0.39 is 0 Å². The zero-order valence-corrected chi connectivity index (χ0v) is 17.0. The molecule has 1 aromatic rings. The Bertz CT molecular complexity index is 566. The Labute approximate surface area is 163 Å². The molecule has 0 atom stereocenters. The monoisotopic (exact) mass is 460 g/mol. The van der Waals surface area contributed by atoms with Crippen molar-refractivity contribution in [3.05, 3.63) is 32.4 Å². The van der Waals surface area contributed by atoms with E-state index in [2.05, 4.69) is 32.8 Å². The van der Waals surface area contributed by atoms with E-state index in [1.807, 2.05) is 12.1 Å². The Balaban J connectivity index is 1.45. The standard InChI is InChI=1S/C19H26ClIN2O/c20-15-6-7-17(18(21)12-15)19(24)22-16-8-10-23(11-9-16)13-14-4-2-1-3-5-14/h6-7,12,14,16H,1-5,8-11,13H2,(H,22,24). The number of halogens is 2. The number of nitrogens with one attached hydrogen (secondary N) is 1. The van der Waals surface area contributed by atoms with Gasteiger partial charge < -0.3 is 10.2 Å². The van der Waals surface area contributed by atoms with Gasteiger partial charge in [0, 0.05) is 34.3 Å². The molecule has 1 aromatic carbocycles. The van der Waals surface area contributed by atoms with Gasteiger partial charge in [0.1, 0.15) is 0 Å². The van der Waals surface area contributed by atoms with Gasteiger partial charge in [-0.25, -0.2) is 0 Å². The molecule has 2 fully saturated rings. The summed E-state index contributed by atoms with van der Waals surface area (Å²) in [5, 5.41) is 3.88. The van der Waals surface area contributed by atoms with Crippen LogP contribution in [0.5, 0.6) is 0 Å². The molecular weight excluding hydrogens is 435 g/mol. The van der Waals surface area contributed by atoms with Gasteiger partial charge in [-0.05, 0) is 72.4 Å². The third-order valence-electron chi connectivity index (χ3n) is 5.34. The molecule has 2 aliphatic rings. The number of piperidine rings is 1. The zero-order chi connectivity index (χ0) is 16.9. The van der Waals surface area contributed by atoms with E-state index in [0.717, 1.165) is 41.0 Å². The van der Waals surface area contributed by atoms with Crippen LogP contribution in [-0.4, -0.2) is 36.5 Å². The molecule has 0 spiro atoms. The molecule has 1 aliphatic heterocycles. The smallest absolute Gasteiger partial charge is 0.252 e. The molecule has 1 aliphatic carbocycles. The lowest BCUT2D eigenvalue weighted by molar-refractivity contribution is 0.0900. The summed E-state index contributed by atoms with van der Waals surface area (Å²) in [5.74, 6) is 0.933. The highest BCUT2D eigenvalue weighted by molar-refractivity contribution is 14.1. The van der Waals surface area contributed by atoms with Gasteiger partial charge in [-0.3, -0.25) is 4.79 Å². The lowest BCUT2D eigenvalue weighted by Crippen LogP contribution is -2.46. The summed E-state index contributed by atoms with van der Waals surface area (Å²) in [7, 11) is 0. The number of benzene rings is 1. The van der Waals surface area contributed by atoms with Gasteiger partial charge in [-0.15, -0.1) is 0 Å². The predicted octanol–water partition coefficient (Wildman–Crippen LogP) is 4.72. The second-order valence-electron chi connectivity index (χ2n) is 7.18. The molecule has 0 unspecified atom stereocenters. The summed E-state index contributed by atoms with van der Waals surface area (Å²) in [4.78, 5) is 15.1. The Morgan fingerprint density at radius 3 is 2.54 bits per heavy atom. The van der Waals surface area contributed by atoms with Crippen molar-refractivity contribution in [2.75, 3.05) is 19.6 Å². The zero-order valence-electron chi connectivity index (χ0n) is 14.1. The van der Waals surface area contributed by atoms with Gasteiger partial charge in [-0.2, -0.15) is 0 Å². The number of hydrogen-bond donors (Lipinski definition) is 1. The van der Waals surface area contributed by atoms with Gasteiger partial charge >= 0.3 is 0 Å². The minimum atomic E-state index is 0.0294. The lowest BCUT2D eigenvalue weighted by atomic mass is 9.88. The maximum atomic E-state index is 12.5. The van der Waals surface area contributed by atoms with Crippen LogP contribution >= 0.6 is 34.2 Å². The van der Waals surface area contributed by atoms with Crippen LogP contribution in [0.3, 0.4) is 0 Å². The minimum Gasteiger partial charge on any atom is -0.349 e. The summed E-state index contributed by atoms with van der Waals surface area (Å²) in [6.45, 7) is 3.48. The molecule has 3 nitrogen and oxygen atoms in total. The Hall–Kier alpha value is -0.330. The maximum absolute atomic E-state index is 12.5. The van der Waals surface area contributed by atoms with Crippen LogP contribution in [0.1, 0.15) is 55.3 Å². The molecule has 1 saturated heterocycles. The average molecular weight is 461 g/mol. The van der Waals surface area contributed by atoms with Crippen molar-refractivity contribution in [1.82, 2.24) is 10.2 Å². The third kappa shape index (κ3) is 5.09.